The van der Waals surface area contributed by atoms with E-state index < -0.39 is 0 Å². The number of nitrogens with one attached hydrogen (secondary N) is 1. The van der Waals surface area contributed by atoms with Crippen LogP contribution in [-0.2, 0) is 11.3 Å². The average molecular weight is 301 g/mol. The van der Waals surface area contributed by atoms with Gasteiger partial charge in [0.05, 0.1) is 7.11 Å². The lowest BCUT2D eigenvalue weighted by molar-refractivity contribution is -0.124. The molecule has 5 nitrogen and oxygen atoms in total. The van der Waals surface area contributed by atoms with Crippen LogP contribution < -0.4 is 20.5 Å². The Morgan fingerprint density at radius 3 is 2.55 bits per heavy atom. The highest BCUT2D eigenvalue weighted by molar-refractivity contribution is 6.30. The maximum Gasteiger partial charge on any atom is 0.258 e. The van der Waals surface area contributed by atoms with Crippen LogP contribution in [0.15, 0.2) is 12.1 Å². The number of amides is 1. The highest BCUT2D eigenvalue weighted by Gasteiger charge is 2.17. The van der Waals surface area contributed by atoms with Gasteiger partial charge in [-0.2, -0.15) is 0 Å². The molecule has 0 bridgehead atoms. The summed E-state index contributed by atoms with van der Waals surface area (Å²) in [6.07, 6.45) is 0. The minimum absolute atomic E-state index is 0.109. The van der Waals surface area contributed by atoms with Gasteiger partial charge in [-0.1, -0.05) is 11.6 Å². The maximum absolute atomic E-state index is 11.8. The number of halogens is 1. The van der Waals surface area contributed by atoms with Crippen molar-refractivity contribution in [3.63, 3.8) is 0 Å². The number of carbonyl (C=O) groups excluding carboxylic acids is 1. The summed E-state index contributed by atoms with van der Waals surface area (Å²) in [5.74, 6) is 0.697. The number of rotatable bonds is 5. The van der Waals surface area contributed by atoms with Gasteiger partial charge in [0.1, 0.15) is 0 Å². The third kappa shape index (κ3) is 4.90. The molecule has 0 fully saturated rings. The number of ether oxygens (including phenoxy) is 2. The van der Waals surface area contributed by atoms with E-state index in [-0.39, 0.29) is 24.6 Å². The Morgan fingerprint density at radius 2 is 2.05 bits per heavy atom. The van der Waals surface area contributed by atoms with E-state index in [4.69, 9.17) is 26.8 Å². The first-order valence-electron chi connectivity index (χ1n) is 6.27. The molecule has 0 aliphatic heterocycles. The van der Waals surface area contributed by atoms with Crippen LogP contribution in [0.4, 0.5) is 0 Å². The van der Waals surface area contributed by atoms with Crippen molar-refractivity contribution >= 4 is 17.5 Å². The minimum Gasteiger partial charge on any atom is -0.493 e. The molecule has 0 heterocycles. The zero-order chi connectivity index (χ0) is 15.3. The quantitative estimate of drug-likeness (QED) is 0.873. The molecule has 0 radical (unpaired) electrons. The van der Waals surface area contributed by atoms with Crippen molar-refractivity contribution in [3.8, 4) is 11.5 Å². The van der Waals surface area contributed by atoms with Gasteiger partial charge >= 0.3 is 0 Å². The molecule has 1 aromatic rings. The lowest BCUT2D eigenvalue weighted by Crippen LogP contribution is -2.43. The van der Waals surface area contributed by atoms with Crippen LogP contribution in [0.1, 0.15) is 26.3 Å². The molecule has 20 heavy (non-hydrogen) atoms. The van der Waals surface area contributed by atoms with E-state index in [1.165, 1.54) is 7.11 Å². The fourth-order valence-corrected chi connectivity index (χ4v) is 1.91. The fraction of sp³-hybridized carbons (Fsp3) is 0.500. The van der Waals surface area contributed by atoms with Gasteiger partial charge < -0.3 is 20.5 Å². The summed E-state index contributed by atoms with van der Waals surface area (Å²) >= 11 is 5.96. The molecule has 0 aromatic heterocycles. The lowest BCUT2D eigenvalue weighted by Gasteiger charge is -2.21. The lowest BCUT2D eigenvalue weighted by atomic mass is 10.1. The molecule has 1 rings (SSSR count). The molecule has 1 aromatic carbocycles. The van der Waals surface area contributed by atoms with E-state index in [2.05, 4.69) is 5.32 Å². The molecule has 1 amide bonds. The van der Waals surface area contributed by atoms with Crippen LogP contribution in [0.25, 0.3) is 0 Å². The number of carbonyl (C=O) groups is 1. The SMILES string of the molecule is COc1cc(Cl)cc(CN)c1OCC(=O)NC(C)(C)C. The van der Waals surface area contributed by atoms with E-state index in [0.717, 1.165) is 0 Å². The summed E-state index contributed by atoms with van der Waals surface area (Å²) in [5, 5.41) is 3.32. The zero-order valence-corrected chi connectivity index (χ0v) is 13.0. The van der Waals surface area contributed by atoms with E-state index in [9.17, 15) is 4.79 Å². The van der Waals surface area contributed by atoms with Gasteiger partial charge in [0, 0.05) is 28.7 Å². The Kier molecular flexibility index (Phi) is 5.65. The molecule has 0 atom stereocenters. The van der Waals surface area contributed by atoms with E-state index in [1.54, 1.807) is 12.1 Å². The first-order valence-corrected chi connectivity index (χ1v) is 6.65. The molecule has 0 aliphatic carbocycles. The second kappa shape index (κ2) is 6.81. The van der Waals surface area contributed by atoms with Crippen molar-refractivity contribution in [2.45, 2.75) is 32.9 Å². The summed E-state index contributed by atoms with van der Waals surface area (Å²) in [4.78, 5) is 11.8. The van der Waals surface area contributed by atoms with Crippen molar-refractivity contribution in [3.05, 3.63) is 22.7 Å². The molecule has 0 aliphatic rings. The van der Waals surface area contributed by atoms with Crippen LogP contribution in [0.2, 0.25) is 5.02 Å². The van der Waals surface area contributed by atoms with Gasteiger partial charge in [0.2, 0.25) is 0 Å². The molecule has 112 valence electrons. The second-order valence-electron chi connectivity index (χ2n) is 5.39. The second-order valence-corrected chi connectivity index (χ2v) is 5.82. The van der Waals surface area contributed by atoms with Gasteiger partial charge in [-0.15, -0.1) is 0 Å². The van der Waals surface area contributed by atoms with Crippen molar-refractivity contribution in [2.75, 3.05) is 13.7 Å². The molecular formula is C14H21ClN2O3. The minimum atomic E-state index is -0.304. The topological polar surface area (TPSA) is 73.6 Å². The number of hydrogen-bond acceptors (Lipinski definition) is 4. The highest BCUT2D eigenvalue weighted by atomic mass is 35.5. The standard InChI is InChI=1S/C14H21ClN2O3/c1-14(2,3)17-12(18)8-20-13-9(7-16)5-10(15)6-11(13)19-4/h5-6H,7-8,16H2,1-4H3,(H,17,18). The van der Waals surface area contributed by atoms with E-state index in [1.807, 2.05) is 20.8 Å². The summed E-state index contributed by atoms with van der Waals surface area (Å²) in [6, 6.07) is 3.32. The molecule has 6 heteroatoms. The Hall–Kier alpha value is -1.46. The largest absolute Gasteiger partial charge is 0.493 e. The third-order valence-electron chi connectivity index (χ3n) is 2.40. The Bertz CT molecular complexity index is 459. The Morgan fingerprint density at radius 1 is 1.40 bits per heavy atom. The normalized spacial score (nSPS) is 11.1. The Labute approximate surface area is 124 Å². The van der Waals surface area contributed by atoms with Crippen molar-refractivity contribution in [1.29, 1.82) is 0 Å². The van der Waals surface area contributed by atoms with Crippen molar-refractivity contribution in [1.82, 2.24) is 5.32 Å². The van der Waals surface area contributed by atoms with Crippen molar-refractivity contribution < 1.29 is 14.3 Å². The summed E-state index contributed by atoms with van der Waals surface area (Å²) in [6.45, 7) is 5.84. The first kappa shape index (κ1) is 16.6. The smallest absolute Gasteiger partial charge is 0.258 e. The van der Waals surface area contributed by atoms with Gasteiger partial charge in [-0.05, 0) is 26.8 Å². The molecule has 0 unspecified atom stereocenters. The highest BCUT2D eigenvalue weighted by Crippen LogP contribution is 2.34. The third-order valence-corrected chi connectivity index (χ3v) is 2.62. The van der Waals surface area contributed by atoms with Crippen LogP contribution in [0.5, 0.6) is 11.5 Å². The number of hydrogen-bond donors (Lipinski definition) is 2. The van der Waals surface area contributed by atoms with Crippen LogP contribution in [-0.4, -0.2) is 25.2 Å². The predicted molar refractivity (Wildman–Crippen MR) is 79.3 cm³/mol. The monoisotopic (exact) mass is 300 g/mol. The number of methoxy groups -OCH3 is 1. The average Bonchev–Trinajstić information content (AvgIpc) is 2.33. The van der Waals surface area contributed by atoms with E-state index >= 15 is 0 Å². The molecule has 0 saturated heterocycles. The van der Waals surface area contributed by atoms with Gasteiger partial charge in [0.25, 0.3) is 5.91 Å². The zero-order valence-electron chi connectivity index (χ0n) is 12.2. The summed E-state index contributed by atoms with van der Waals surface area (Å²) < 4.78 is 10.7. The van der Waals surface area contributed by atoms with E-state index in [0.29, 0.717) is 22.1 Å². The molecule has 3 N–H and O–H groups in total. The molecular weight excluding hydrogens is 280 g/mol. The number of benzene rings is 1. The van der Waals surface area contributed by atoms with Gasteiger partial charge in [0.15, 0.2) is 18.1 Å². The summed E-state index contributed by atoms with van der Waals surface area (Å²) in [7, 11) is 1.51. The molecule has 0 saturated carbocycles. The number of nitrogens with two attached hydrogens (primary N) is 1. The van der Waals surface area contributed by atoms with Gasteiger partial charge in [-0.25, -0.2) is 0 Å². The van der Waals surface area contributed by atoms with Crippen LogP contribution >= 0.6 is 11.6 Å². The van der Waals surface area contributed by atoms with Gasteiger partial charge in [-0.3, -0.25) is 4.79 Å². The van der Waals surface area contributed by atoms with Crippen molar-refractivity contribution in [2.24, 2.45) is 5.73 Å². The summed E-state index contributed by atoms with van der Waals surface area (Å²) in [5.41, 5.74) is 6.04. The fourth-order valence-electron chi connectivity index (χ4n) is 1.68. The van der Waals surface area contributed by atoms with Crippen LogP contribution in [0, 0.1) is 0 Å². The predicted octanol–water partition coefficient (Wildman–Crippen LogP) is 2.10. The maximum atomic E-state index is 11.8. The van der Waals surface area contributed by atoms with Crippen LogP contribution in [0.3, 0.4) is 0 Å². The first-order chi connectivity index (χ1) is 9.26. The Balaban J connectivity index is 2.84. The molecule has 0 spiro atoms.